The Morgan fingerprint density at radius 3 is 2.89 bits per heavy atom. The van der Waals surface area contributed by atoms with Gasteiger partial charge in [-0.2, -0.15) is 0 Å². The van der Waals surface area contributed by atoms with E-state index in [1.165, 1.54) is 0 Å². The molecular formula is C14H16N2O2S. The first-order valence-corrected chi connectivity index (χ1v) is 6.99. The van der Waals surface area contributed by atoms with E-state index in [9.17, 15) is 4.79 Å². The van der Waals surface area contributed by atoms with Crippen molar-refractivity contribution in [3.8, 4) is 0 Å². The Labute approximate surface area is 116 Å². The zero-order valence-electron chi connectivity index (χ0n) is 11.0. The first kappa shape index (κ1) is 13.5. The number of esters is 1. The van der Waals surface area contributed by atoms with Crippen LogP contribution in [-0.4, -0.2) is 17.6 Å². The SMILES string of the molecule is CCOC(=O)c1ccccc1NCc1csc(C)n1. The summed E-state index contributed by atoms with van der Waals surface area (Å²) in [5.74, 6) is -0.306. The summed E-state index contributed by atoms with van der Waals surface area (Å²) in [5, 5.41) is 6.27. The van der Waals surface area contributed by atoms with Crippen LogP contribution in [0.5, 0.6) is 0 Å². The van der Waals surface area contributed by atoms with E-state index >= 15 is 0 Å². The van der Waals surface area contributed by atoms with Gasteiger partial charge in [0, 0.05) is 11.1 Å². The van der Waals surface area contributed by atoms with Crippen molar-refractivity contribution in [3.05, 3.63) is 45.9 Å². The molecule has 2 rings (SSSR count). The van der Waals surface area contributed by atoms with Crippen molar-refractivity contribution in [1.82, 2.24) is 4.98 Å². The fourth-order valence-corrected chi connectivity index (χ4v) is 2.31. The number of rotatable bonds is 5. The van der Waals surface area contributed by atoms with Gasteiger partial charge in [0.1, 0.15) is 0 Å². The number of aromatic nitrogens is 1. The van der Waals surface area contributed by atoms with Crippen LogP contribution in [-0.2, 0) is 11.3 Å². The molecule has 0 atom stereocenters. The van der Waals surface area contributed by atoms with Crippen molar-refractivity contribution in [2.24, 2.45) is 0 Å². The standard InChI is InChI=1S/C14H16N2O2S/c1-3-18-14(17)12-6-4-5-7-13(12)15-8-11-9-19-10(2)16-11/h4-7,9,15H,3,8H2,1-2H3. The van der Waals surface area contributed by atoms with Crippen molar-refractivity contribution >= 4 is 23.0 Å². The average Bonchev–Trinajstić information content (AvgIpc) is 2.83. The molecule has 0 aliphatic rings. The van der Waals surface area contributed by atoms with Gasteiger partial charge in [0.2, 0.25) is 0 Å². The molecule has 0 bridgehead atoms. The number of hydrogen-bond donors (Lipinski definition) is 1. The second kappa shape index (κ2) is 6.33. The van der Waals surface area contributed by atoms with E-state index < -0.39 is 0 Å². The summed E-state index contributed by atoms with van der Waals surface area (Å²) < 4.78 is 5.03. The van der Waals surface area contributed by atoms with E-state index in [4.69, 9.17) is 4.74 Å². The molecule has 100 valence electrons. The van der Waals surface area contributed by atoms with Crippen LogP contribution >= 0.6 is 11.3 Å². The summed E-state index contributed by atoms with van der Waals surface area (Å²) in [4.78, 5) is 16.2. The second-order valence-corrected chi connectivity index (χ2v) is 5.04. The molecular weight excluding hydrogens is 260 g/mol. The van der Waals surface area contributed by atoms with Crippen molar-refractivity contribution in [1.29, 1.82) is 0 Å². The Balaban J connectivity index is 2.09. The largest absolute Gasteiger partial charge is 0.462 e. The molecule has 1 aromatic carbocycles. The van der Waals surface area contributed by atoms with E-state index in [0.29, 0.717) is 18.7 Å². The minimum atomic E-state index is -0.306. The lowest BCUT2D eigenvalue weighted by Gasteiger charge is -2.10. The molecule has 4 nitrogen and oxygen atoms in total. The summed E-state index contributed by atoms with van der Waals surface area (Å²) in [7, 11) is 0. The van der Waals surface area contributed by atoms with E-state index in [0.717, 1.165) is 16.4 Å². The summed E-state index contributed by atoms with van der Waals surface area (Å²) in [6.07, 6.45) is 0. The maximum atomic E-state index is 11.8. The van der Waals surface area contributed by atoms with Gasteiger partial charge < -0.3 is 10.1 Å². The maximum absolute atomic E-state index is 11.8. The van der Waals surface area contributed by atoms with Crippen molar-refractivity contribution < 1.29 is 9.53 Å². The van der Waals surface area contributed by atoms with Crippen LogP contribution in [0.1, 0.15) is 28.0 Å². The maximum Gasteiger partial charge on any atom is 0.340 e. The van der Waals surface area contributed by atoms with Gasteiger partial charge in [0.15, 0.2) is 0 Å². The molecule has 0 fully saturated rings. The Kier molecular flexibility index (Phi) is 4.52. The number of hydrogen-bond acceptors (Lipinski definition) is 5. The normalized spacial score (nSPS) is 10.2. The Hall–Kier alpha value is -1.88. The number of nitrogens with one attached hydrogen (secondary N) is 1. The molecule has 0 radical (unpaired) electrons. The van der Waals surface area contributed by atoms with Gasteiger partial charge in [0.05, 0.1) is 29.4 Å². The molecule has 1 aromatic heterocycles. The lowest BCUT2D eigenvalue weighted by Crippen LogP contribution is -2.09. The lowest BCUT2D eigenvalue weighted by atomic mass is 10.2. The zero-order valence-corrected chi connectivity index (χ0v) is 11.8. The van der Waals surface area contributed by atoms with Gasteiger partial charge in [-0.3, -0.25) is 0 Å². The van der Waals surface area contributed by atoms with Crippen LogP contribution in [0.25, 0.3) is 0 Å². The highest BCUT2D eigenvalue weighted by molar-refractivity contribution is 7.09. The third kappa shape index (κ3) is 3.54. The van der Waals surface area contributed by atoms with Crippen molar-refractivity contribution in [2.75, 3.05) is 11.9 Å². The van der Waals surface area contributed by atoms with E-state index in [-0.39, 0.29) is 5.97 Å². The molecule has 0 aliphatic heterocycles. The molecule has 0 spiro atoms. The lowest BCUT2D eigenvalue weighted by molar-refractivity contribution is 0.0527. The van der Waals surface area contributed by atoms with E-state index in [1.54, 1.807) is 24.3 Å². The van der Waals surface area contributed by atoms with E-state index in [1.807, 2.05) is 30.5 Å². The van der Waals surface area contributed by atoms with Crippen LogP contribution in [0, 0.1) is 6.92 Å². The first-order valence-electron chi connectivity index (χ1n) is 6.11. The van der Waals surface area contributed by atoms with Crippen LogP contribution in [0.2, 0.25) is 0 Å². The van der Waals surface area contributed by atoms with Gasteiger partial charge in [-0.25, -0.2) is 9.78 Å². The zero-order chi connectivity index (χ0) is 13.7. The first-order chi connectivity index (χ1) is 9.20. The van der Waals surface area contributed by atoms with Gasteiger partial charge in [-0.15, -0.1) is 11.3 Å². The number of nitrogens with zero attached hydrogens (tertiary/aromatic N) is 1. The van der Waals surface area contributed by atoms with Gasteiger partial charge >= 0.3 is 5.97 Å². The number of anilines is 1. The van der Waals surface area contributed by atoms with E-state index in [2.05, 4.69) is 10.3 Å². The highest BCUT2D eigenvalue weighted by atomic mass is 32.1. The van der Waals surface area contributed by atoms with Crippen LogP contribution in [0.4, 0.5) is 5.69 Å². The number of carbonyl (C=O) groups is 1. The molecule has 0 saturated carbocycles. The highest BCUT2D eigenvalue weighted by Crippen LogP contribution is 2.18. The number of para-hydroxylation sites is 1. The monoisotopic (exact) mass is 276 g/mol. The summed E-state index contributed by atoms with van der Waals surface area (Å²) >= 11 is 1.62. The Morgan fingerprint density at radius 2 is 2.21 bits per heavy atom. The van der Waals surface area contributed by atoms with Gasteiger partial charge in [-0.1, -0.05) is 12.1 Å². The molecule has 0 saturated heterocycles. The summed E-state index contributed by atoms with van der Waals surface area (Å²) in [6.45, 7) is 4.74. The number of aryl methyl sites for hydroxylation is 1. The quantitative estimate of drug-likeness (QED) is 0.852. The number of ether oxygens (including phenoxy) is 1. The Morgan fingerprint density at radius 1 is 1.42 bits per heavy atom. The van der Waals surface area contributed by atoms with Crippen molar-refractivity contribution in [3.63, 3.8) is 0 Å². The summed E-state index contributed by atoms with van der Waals surface area (Å²) in [6, 6.07) is 7.33. The third-order valence-corrected chi connectivity index (χ3v) is 3.37. The smallest absolute Gasteiger partial charge is 0.340 e. The number of thiazole rings is 1. The molecule has 1 heterocycles. The average molecular weight is 276 g/mol. The predicted molar refractivity (Wildman–Crippen MR) is 76.6 cm³/mol. The molecule has 0 amide bonds. The van der Waals surface area contributed by atoms with Gasteiger partial charge in [-0.05, 0) is 26.0 Å². The second-order valence-electron chi connectivity index (χ2n) is 3.98. The molecule has 2 aromatic rings. The minimum absolute atomic E-state index is 0.306. The molecule has 0 aliphatic carbocycles. The highest BCUT2D eigenvalue weighted by Gasteiger charge is 2.11. The molecule has 0 unspecified atom stereocenters. The van der Waals surface area contributed by atoms with Gasteiger partial charge in [0.25, 0.3) is 0 Å². The minimum Gasteiger partial charge on any atom is -0.462 e. The summed E-state index contributed by atoms with van der Waals surface area (Å²) in [5.41, 5.74) is 2.30. The molecule has 5 heteroatoms. The number of benzene rings is 1. The third-order valence-electron chi connectivity index (χ3n) is 2.55. The molecule has 19 heavy (non-hydrogen) atoms. The van der Waals surface area contributed by atoms with Crippen LogP contribution < -0.4 is 5.32 Å². The van der Waals surface area contributed by atoms with Crippen LogP contribution in [0.15, 0.2) is 29.6 Å². The van der Waals surface area contributed by atoms with Crippen molar-refractivity contribution in [2.45, 2.75) is 20.4 Å². The topological polar surface area (TPSA) is 51.2 Å². The molecule has 1 N–H and O–H groups in total. The Bertz CT molecular complexity index is 566. The predicted octanol–water partition coefficient (Wildman–Crippen LogP) is 3.24. The fraction of sp³-hybridized carbons (Fsp3) is 0.286. The fourth-order valence-electron chi connectivity index (χ4n) is 1.70. The van der Waals surface area contributed by atoms with Crippen LogP contribution in [0.3, 0.4) is 0 Å². The number of carbonyl (C=O) groups excluding carboxylic acids is 1.